The van der Waals surface area contributed by atoms with Gasteiger partial charge in [-0.2, -0.15) is 0 Å². The van der Waals surface area contributed by atoms with Gasteiger partial charge in [-0.15, -0.1) is 0 Å². The number of nitrogens with one attached hydrogen (secondary N) is 1. The van der Waals surface area contributed by atoms with Gasteiger partial charge in [0.15, 0.2) is 0 Å². The Kier molecular flexibility index (Phi) is 6.65. The van der Waals surface area contributed by atoms with Crippen LogP contribution >= 0.6 is 11.9 Å². The summed E-state index contributed by atoms with van der Waals surface area (Å²) in [5.41, 5.74) is 4.14. The zero-order valence-electron chi connectivity index (χ0n) is 15.2. The van der Waals surface area contributed by atoms with Gasteiger partial charge in [0, 0.05) is 25.3 Å². The summed E-state index contributed by atoms with van der Waals surface area (Å²) in [4.78, 5) is 2.49. The predicted molar refractivity (Wildman–Crippen MR) is 109 cm³/mol. The molecule has 0 amide bonds. The van der Waals surface area contributed by atoms with E-state index in [1.54, 1.807) is 11.9 Å². The Bertz CT molecular complexity index is 634. The first-order valence-corrected chi connectivity index (χ1v) is 10.3. The minimum atomic E-state index is 0.682. The summed E-state index contributed by atoms with van der Waals surface area (Å²) < 4.78 is 8.83. The van der Waals surface area contributed by atoms with Gasteiger partial charge < -0.3 is 9.64 Å². The van der Waals surface area contributed by atoms with Gasteiger partial charge in [-0.05, 0) is 67.3 Å². The Morgan fingerprint density at radius 2 is 1.72 bits per heavy atom. The normalized spacial score (nSPS) is 15.4. The maximum atomic E-state index is 5.53. The van der Waals surface area contributed by atoms with Crippen LogP contribution in [-0.4, -0.2) is 26.0 Å². The Hall–Kier alpha value is -1.65. The van der Waals surface area contributed by atoms with Crippen LogP contribution in [0.25, 0.3) is 0 Å². The van der Waals surface area contributed by atoms with Crippen molar-refractivity contribution in [2.75, 3.05) is 30.9 Å². The van der Waals surface area contributed by atoms with Crippen molar-refractivity contribution < 1.29 is 4.74 Å². The second-order valence-electron chi connectivity index (χ2n) is 6.46. The predicted octanol–water partition coefficient (Wildman–Crippen LogP) is 4.84. The van der Waals surface area contributed by atoms with E-state index in [9.17, 15) is 0 Å². The lowest BCUT2D eigenvalue weighted by Crippen LogP contribution is -2.32. The molecule has 1 saturated heterocycles. The third kappa shape index (κ3) is 4.93. The van der Waals surface area contributed by atoms with Crippen molar-refractivity contribution in [1.82, 2.24) is 4.72 Å². The molecule has 0 spiro atoms. The van der Waals surface area contributed by atoms with Gasteiger partial charge >= 0.3 is 0 Å². The van der Waals surface area contributed by atoms with Gasteiger partial charge in [-0.25, -0.2) is 0 Å². The van der Waals surface area contributed by atoms with Gasteiger partial charge in [-0.1, -0.05) is 36.2 Å². The third-order valence-electron chi connectivity index (χ3n) is 4.88. The first-order valence-electron chi connectivity index (χ1n) is 9.12. The molecule has 2 aromatic rings. The quantitative estimate of drug-likeness (QED) is 0.718. The molecule has 4 heteroatoms. The number of benzene rings is 2. The molecule has 0 aliphatic carbocycles. The summed E-state index contributed by atoms with van der Waals surface area (Å²) in [6, 6.07) is 17.7. The highest BCUT2D eigenvalue weighted by atomic mass is 32.2. The van der Waals surface area contributed by atoms with Crippen molar-refractivity contribution in [3.63, 3.8) is 0 Å². The highest BCUT2D eigenvalue weighted by Gasteiger charge is 2.20. The van der Waals surface area contributed by atoms with Gasteiger partial charge in [0.25, 0.3) is 0 Å². The lowest BCUT2D eigenvalue weighted by Gasteiger charge is -2.34. The van der Waals surface area contributed by atoms with Crippen molar-refractivity contribution in [2.24, 2.45) is 0 Å². The molecule has 1 N–H and O–H groups in total. The van der Waals surface area contributed by atoms with Crippen LogP contribution in [0, 0.1) is 0 Å². The van der Waals surface area contributed by atoms with Gasteiger partial charge in [0.2, 0.25) is 0 Å². The molecule has 3 rings (SSSR count). The zero-order chi connectivity index (χ0) is 17.5. The number of piperidine rings is 1. The lowest BCUT2D eigenvalue weighted by molar-refractivity contribution is 0.340. The second-order valence-corrected chi connectivity index (χ2v) is 7.15. The highest BCUT2D eigenvalue weighted by Crippen LogP contribution is 2.31. The van der Waals surface area contributed by atoms with E-state index in [1.165, 1.54) is 29.7 Å². The Morgan fingerprint density at radius 3 is 2.32 bits per heavy atom. The fourth-order valence-electron chi connectivity index (χ4n) is 3.45. The largest absolute Gasteiger partial charge is 0.494 e. The van der Waals surface area contributed by atoms with Crippen molar-refractivity contribution in [3.8, 4) is 5.75 Å². The molecular formula is C21H28N2OS. The Balaban J connectivity index is 1.54. The molecule has 0 atom stereocenters. The number of anilines is 1. The minimum Gasteiger partial charge on any atom is -0.494 e. The molecule has 0 saturated carbocycles. The fourth-order valence-corrected chi connectivity index (χ4v) is 3.77. The summed E-state index contributed by atoms with van der Waals surface area (Å²) in [7, 11) is 0. The molecule has 0 radical (unpaired) electrons. The van der Waals surface area contributed by atoms with Gasteiger partial charge in [0.1, 0.15) is 5.75 Å². The molecule has 3 nitrogen and oxygen atoms in total. The molecule has 134 valence electrons. The SMILES string of the molecule is CCOc1ccc(N2CCC(c3ccc(CNSC)cc3)CC2)cc1. The minimum absolute atomic E-state index is 0.682. The Morgan fingerprint density at radius 1 is 1.04 bits per heavy atom. The summed E-state index contributed by atoms with van der Waals surface area (Å²) in [6.45, 7) is 5.90. The number of hydrogen-bond donors (Lipinski definition) is 1. The van der Waals surface area contributed by atoms with Crippen LogP contribution in [0.5, 0.6) is 5.75 Å². The molecule has 0 bridgehead atoms. The first-order chi connectivity index (χ1) is 12.3. The molecule has 0 unspecified atom stereocenters. The fraction of sp³-hybridized carbons (Fsp3) is 0.429. The van der Waals surface area contributed by atoms with Crippen LogP contribution in [-0.2, 0) is 6.54 Å². The van der Waals surface area contributed by atoms with E-state index < -0.39 is 0 Å². The zero-order valence-corrected chi connectivity index (χ0v) is 16.0. The van der Waals surface area contributed by atoms with Crippen molar-refractivity contribution in [2.45, 2.75) is 32.2 Å². The third-order valence-corrected chi connectivity index (χ3v) is 5.31. The van der Waals surface area contributed by atoms with E-state index >= 15 is 0 Å². The highest BCUT2D eigenvalue weighted by molar-refractivity contribution is 7.96. The summed E-state index contributed by atoms with van der Waals surface area (Å²) in [5.74, 6) is 1.64. The Labute approximate surface area is 155 Å². The van der Waals surface area contributed by atoms with Crippen molar-refractivity contribution in [3.05, 3.63) is 59.7 Å². The molecular weight excluding hydrogens is 328 g/mol. The van der Waals surface area contributed by atoms with Gasteiger partial charge in [0.05, 0.1) is 6.61 Å². The molecule has 25 heavy (non-hydrogen) atoms. The van der Waals surface area contributed by atoms with E-state index in [4.69, 9.17) is 4.74 Å². The number of rotatable bonds is 7. The average molecular weight is 357 g/mol. The van der Waals surface area contributed by atoms with E-state index in [2.05, 4.69) is 64.4 Å². The number of ether oxygens (including phenoxy) is 1. The molecule has 1 fully saturated rings. The summed E-state index contributed by atoms with van der Waals surface area (Å²) in [6.07, 6.45) is 4.50. The topological polar surface area (TPSA) is 24.5 Å². The van der Waals surface area contributed by atoms with Crippen molar-refractivity contribution in [1.29, 1.82) is 0 Å². The molecule has 2 aromatic carbocycles. The van der Waals surface area contributed by atoms with E-state index in [-0.39, 0.29) is 0 Å². The number of nitrogens with zero attached hydrogens (tertiary/aromatic N) is 1. The van der Waals surface area contributed by atoms with E-state index in [0.29, 0.717) is 5.92 Å². The molecule has 1 aliphatic rings. The van der Waals surface area contributed by atoms with E-state index in [0.717, 1.165) is 32.0 Å². The monoisotopic (exact) mass is 356 g/mol. The average Bonchev–Trinajstić information content (AvgIpc) is 2.68. The number of hydrogen-bond acceptors (Lipinski definition) is 4. The van der Waals surface area contributed by atoms with Gasteiger partial charge in [-0.3, -0.25) is 4.72 Å². The standard InChI is InChI=1S/C21H28N2OS/c1-3-24-21-10-8-20(9-11-21)23-14-12-19(13-15-23)18-6-4-17(5-7-18)16-22-25-2/h4-11,19,22H,3,12-16H2,1-2H3. The lowest BCUT2D eigenvalue weighted by atomic mass is 9.89. The van der Waals surface area contributed by atoms with E-state index in [1.807, 2.05) is 6.92 Å². The maximum Gasteiger partial charge on any atom is 0.119 e. The van der Waals surface area contributed by atoms with Crippen LogP contribution in [0.4, 0.5) is 5.69 Å². The van der Waals surface area contributed by atoms with Crippen molar-refractivity contribution >= 4 is 17.6 Å². The molecule has 1 aliphatic heterocycles. The van der Waals surface area contributed by atoms with Crippen LogP contribution in [0.1, 0.15) is 36.8 Å². The maximum absolute atomic E-state index is 5.53. The summed E-state index contributed by atoms with van der Waals surface area (Å²) in [5, 5.41) is 0. The van der Waals surface area contributed by atoms with Crippen LogP contribution in [0.15, 0.2) is 48.5 Å². The molecule has 1 heterocycles. The smallest absolute Gasteiger partial charge is 0.119 e. The van der Waals surface area contributed by atoms with Crippen LogP contribution in [0.2, 0.25) is 0 Å². The van der Waals surface area contributed by atoms with Crippen LogP contribution in [0.3, 0.4) is 0 Å². The second kappa shape index (κ2) is 9.16. The summed E-state index contributed by atoms with van der Waals surface area (Å²) >= 11 is 1.67. The van der Waals surface area contributed by atoms with Crippen LogP contribution < -0.4 is 14.4 Å². The first kappa shape index (κ1) is 18.2. The molecule has 0 aromatic heterocycles.